The van der Waals surface area contributed by atoms with Gasteiger partial charge >= 0.3 is 0 Å². The van der Waals surface area contributed by atoms with E-state index < -0.39 is 0 Å². The van der Waals surface area contributed by atoms with E-state index in [9.17, 15) is 9.59 Å². The van der Waals surface area contributed by atoms with E-state index in [2.05, 4.69) is 78.3 Å². The molecule has 6 heteroatoms. The summed E-state index contributed by atoms with van der Waals surface area (Å²) in [6.45, 7) is 7.63. The first kappa shape index (κ1) is 33.3. The van der Waals surface area contributed by atoms with Gasteiger partial charge < -0.3 is 10.6 Å². The van der Waals surface area contributed by atoms with Crippen molar-refractivity contribution in [1.82, 2.24) is 10.6 Å². The molecule has 4 nitrogen and oxygen atoms in total. The van der Waals surface area contributed by atoms with Crippen LogP contribution in [0.2, 0.25) is 0 Å². The van der Waals surface area contributed by atoms with Crippen LogP contribution in [0.25, 0.3) is 0 Å². The Morgan fingerprint density at radius 1 is 0.686 bits per heavy atom. The van der Waals surface area contributed by atoms with Gasteiger partial charge in [-0.15, -0.1) is 0 Å². The molecule has 2 amide bonds. The van der Waals surface area contributed by atoms with E-state index in [1.54, 1.807) is 21.6 Å². The van der Waals surface area contributed by atoms with Gasteiger partial charge in [0, 0.05) is 37.4 Å². The van der Waals surface area contributed by atoms with Crippen molar-refractivity contribution in [1.29, 1.82) is 0 Å². The van der Waals surface area contributed by atoms with Gasteiger partial charge in [-0.2, -0.15) is 0 Å². The van der Waals surface area contributed by atoms with Crippen molar-refractivity contribution in [2.75, 3.05) is 24.6 Å². The summed E-state index contributed by atoms with van der Waals surface area (Å²) in [5.74, 6) is 2.42. The maximum absolute atomic E-state index is 11.9. The molecule has 0 atom stereocenters. The van der Waals surface area contributed by atoms with Crippen molar-refractivity contribution in [3.8, 4) is 0 Å². The zero-order valence-electron chi connectivity index (χ0n) is 22.2. The number of rotatable bonds is 22. The number of amides is 2. The molecular formula is C29H48N2O2S2. The molecule has 0 saturated carbocycles. The molecule has 0 bridgehead atoms. The number of hydrogen-bond donors (Lipinski definition) is 2. The van der Waals surface area contributed by atoms with E-state index in [4.69, 9.17) is 0 Å². The Balaban J connectivity index is 3.48. The fourth-order valence-corrected chi connectivity index (χ4v) is 4.68. The zero-order valence-corrected chi connectivity index (χ0v) is 23.8. The molecule has 0 aliphatic rings. The van der Waals surface area contributed by atoms with Crippen LogP contribution >= 0.6 is 21.6 Å². The standard InChI is InChI=1S/C29H48N2O2S2/c1-4-5-6-7-8-9-10-11-12-13-14-15-16-17-18-19-20-21-28(32)30-22-24-34-35-25-23-31-29(33)26-27(2)3/h5-6,8-9,11-12,14-15,17-18,27H,4,7,10,13,16,19-26H2,1-3H3,(H,30,32)(H,31,33)/b6-5-,9-8-,12-11-,15-14-,18-17-. The number of hydrogen-bond acceptors (Lipinski definition) is 4. The van der Waals surface area contributed by atoms with Gasteiger partial charge in [0.15, 0.2) is 0 Å². The van der Waals surface area contributed by atoms with E-state index in [1.807, 2.05) is 13.8 Å². The second-order valence-corrected chi connectivity index (χ2v) is 11.2. The van der Waals surface area contributed by atoms with Crippen molar-refractivity contribution in [3.63, 3.8) is 0 Å². The fraction of sp³-hybridized carbons (Fsp3) is 0.586. The van der Waals surface area contributed by atoms with E-state index in [-0.39, 0.29) is 11.8 Å². The first-order chi connectivity index (χ1) is 17.1. The van der Waals surface area contributed by atoms with Crippen LogP contribution in [0.15, 0.2) is 60.8 Å². The molecule has 0 aromatic rings. The van der Waals surface area contributed by atoms with Gasteiger partial charge in [-0.3, -0.25) is 9.59 Å². The molecule has 198 valence electrons. The van der Waals surface area contributed by atoms with Crippen LogP contribution in [-0.2, 0) is 9.59 Å². The zero-order chi connectivity index (χ0) is 25.8. The van der Waals surface area contributed by atoms with Crippen LogP contribution in [0.3, 0.4) is 0 Å². The molecule has 0 aromatic heterocycles. The monoisotopic (exact) mass is 520 g/mol. The summed E-state index contributed by atoms with van der Waals surface area (Å²) in [5.41, 5.74) is 0. The minimum atomic E-state index is 0.127. The number of unbranched alkanes of at least 4 members (excludes halogenated alkanes) is 1. The van der Waals surface area contributed by atoms with Gasteiger partial charge in [-0.05, 0) is 50.9 Å². The summed E-state index contributed by atoms with van der Waals surface area (Å²) < 4.78 is 0. The minimum absolute atomic E-state index is 0.127. The summed E-state index contributed by atoms with van der Waals surface area (Å²) in [7, 11) is 3.47. The van der Waals surface area contributed by atoms with Gasteiger partial charge in [0.05, 0.1) is 0 Å². The Hall–Kier alpha value is -1.66. The van der Waals surface area contributed by atoms with Gasteiger partial charge in [0.25, 0.3) is 0 Å². The number of nitrogens with one attached hydrogen (secondary N) is 2. The number of carbonyl (C=O) groups is 2. The molecule has 0 fully saturated rings. The molecule has 35 heavy (non-hydrogen) atoms. The predicted octanol–water partition coefficient (Wildman–Crippen LogP) is 7.57. The molecule has 0 aliphatic heterocycles. The lowest BCUT2D eigenvalue weighted by Gasteiger charge is -2.07. The van der Waals surface area contributed by atoms with Crippen LogP contribution in [0.4, 0.5) is 0 Å². The second-order valence-electron chi connectivity index (χ2n) is 8.54. The predicted molar refractivity (Wildman–Crippen MR) is 159 cm³/mol. The molecule has 0 heterocycles. The lowest BCUT2D eigenvalue weighted by atomic mass is 10.1. The van der Waals surface area contributed by atoms with Crippen LogP contribution in [0.1, 0.15) is 78.6 Å². The SMILES string of the molecule is CC/C=C\C/C=C\C/C=C\C/C=C\C/C=C\CCCC(=O)NCCSSCCNC(=O)CC(C)C. The number of allylic oxidation sites excluding steroid dienone is 10. The molecule has 0 radical (unpaired) electrons. The summed E-state index contributed by atoms with van der Waals surface area (Å²) in [4.78, 5) is 23.4. The van der Waals surface area contributed by atoms with E-state index >= 15 is 0 Å². The van der Waals surface area contributed by atoms with Crippen molar-refractivity contribution < 1.29 is 9.59 Å². The number of carbonyl (C=O) groups excluding carboxylic acids is 2. The summed E-state index contributed by atoms with van der Waals surface area (Å²) in [6.07, 6.45) is 30.0. The Labute approximate surface area is 223 Å². The Morgan fingerprint density at radius 3 is 1.63 bits per heavy atom. The normalized spacial score (nSPS) is 12.3. The molecule has 0 aliphatic carbocycles. The average Bonchev–Trinajstić information content (AvgIpc) is 2.82. The Morgan fingerprint density at radius 2 is 1.14 bits per heavy atom. The molecule has 0 unspecified atom stereocenters. The highest BCUT2D eigenvalue weighted by atomic mass is 33.1. The van der Waals surface area contributed by atoms with Crippen molar-refractivity contribution in [2.45, 2.75) is 78.6 Å². The first-order valence-corrected chi connectivity index (χ1v) is 15.6. The third-order valence-electron chi connectivity index (χ3n) is 4.62. The van der Waals surface area contributed by atoms with Crippen molar-refractivity contribution in [3.05, 3.63) is 60.8 Å². The minimum Gasteiger partial charge on any atom is -0.355 e. The average molecular weight is 521 g/mol. The van der Waals surface area contributed by atoms with E-state index in [1.165, 1.54) is 0 Å². The largest absolute Gasteiger partial charge is 0.355 e. The maximum Gasteiger partial charge on any atom is 0.220 e. The molecule has 0 rings (SSSR count). The molecule has 2 N–H and O–H groups in total. The molecule has 0 spiro atoms. The molecular weight excluding hydrogens is 472 g/mol. The summed E-state index contributed by atoms with van der Waals surface area (Å²) in [5, 5.41) is 5.91. The van der Waals surface area contributed by atoms with Crippen LogP contribution in [-0.4, -0.2) is 36.4 Å². The highest BCUT2D eigenvalue weighted by molar-refractivity contribution is 8.76. The third-order valence-corrected chi connectivity index (χ3v) is 7.03. The summed E-state index contributed by atoms with van der Waals surface area (Å²) in [6, 6.07) is 0. The van der Waals surface area contributed by atoms with Crippen LogP contribution in [0, 0.1) is 5.92 Å². The van der Waals surface area contributed by atoms with Crippen LogP contribution in [0.5, 0.6) is 0 Å². The maximum atomic E-state index is 11.9. The molecule has 0 aromatic carbocycles. The van der Waals surface area contributed by atoms with E-state index in [0.29, 0.717) is 31.8 Å². The third kappa shape index (κ3) is 28.5. The second kappa shape index (κ2) is 26.9. The van der Waals surface area contributed by atoms with Gasteiger partial charge in [-0.25, -0.2) is 0 Å². The first-order valence-electron chi connectivity index (χ1n) is 13.1. The highest BCUT2D eigenvalue weighted by Crippen LogP contribution is 2.19. The van der Waals surface area contributed by atoms with Crippen molar-refractivity contribution >= 4 is 33.4 Å². The van der Waals surface area contributed by atoms with E-state index in [0.717, 1.165) is 56.5 Å². The van der Waals surface area contributed by atoms with Gasteiger partial charge in [0.2, 0.25) is 11.8 Å². The Bertz CT molecular complexity index is 668. The van der Waals surface area contributed by atoms with Gasteiger partial charge in [-0.1, -0.05) is 103 Å². The molecule has 0 saturated heterocycles. The Kier molecular flexibility index (Phi) is 25.7. The quantitative estimate of drug-likeness (QED) is 0.0878. The lowest BCUT2D eigenvalue weighted by molar-refractivity contribution is -0.122. The topological polar surface area (TPSA) is 58.2 Å². The fourth-order valence-electron chi connectivity index (χ4n) is 2.86. The lowest BCUT2D eigenvalue weighted by Crippen LogP contribution is -2.26. The highest BCUT2D eigenvalue weighted by Gasteiger charge is 2.03. The van der Waals surface area contributed by atoms with Crippen molar-refractivity contribution in [2.24, 2.45) is 5.92 Å². The van der Waals surface area contributed by atoms with Crippen LogP contribution < -0.4 is 10.6 Å². The smallest absolute Gasteiger partial charge is 0.220 e. The summed E-state index contributed by atoms with van der Waals surface area (Å²) >= 11 is 0. The van der Waals surface area contributed by atoms with Gasteiger partial charge in [0.1, 0.15) is 0 Å².